The maximum atomic E-state index is 12.4. The van der Waals surface area contributed by atoms with E-state index in [-0.39, 0.29) is 5.78 Å². The van der Waals surface area contributed by atoms with E-state index in [2.05, 4.69) is 0 Å². The number of anilines is 1. The second kappa shape index (κ2) is 4.27. The van der Waals surface area contributed by atoms with Crippen molar-refractivity contribution in [2.24, 2.45) is 0 Å². The Kier molecular flexibility index (Phi) is 2.61. The van der Waals surface area contributed by atoms with E-state index in [1.54, 1.807) is 35.6 Å². The highest BCUT2D eigenvalue weighted by Gasteiger charge is 2.13. The molecule has 2 N–H and O–H groups in total. The number of rotatable bonds is 2. The summed E-state index contributed by atoms with van der Waals surface area (Å²) in [5, 5.41) is 2.92. The number of carbonyl (C=O) groups is 1. The summed E-state index contributed by atoms with van der Waals surface area (Å²) in [6.45, 7) is 0. The molecule has 0 saturated heterocycles. The molecule has 88 valence electrons. The summed E-state index contributed by atoms with van der Waals surface area (Å²) < 4.78 is 1.13. The molecule has 3 rings (SSSR count). The van der Waals surface area contributed by atoms with Crippen LogP contribution in [-0.2, 0) is 0 Å². The molecule has 2 nitrogen and oxygen atoms in total. The average molecular weight is 253 g/mol. The minimum atomic E-state index is 0.0275. The van der Waals surface area contributed by atoms with Crippen LogP contribution in [-0.4, -0.2) is 5.78 Å². The van der Waals surface area contributed by atoms with E-state index in [1.165, 1.54) is 0 Å². The van der Waals surface area contributed by atoms with E-state index in [0.717, 1.165) is 15.6 Å². The predicted octanol–water partition coefficient (Wildman–Crippen LogP) is 3.71. The normalized spacial score (nSPS) is 10.7. The van der Waals surface area contributed by atoms with Crippen LogP contribution in [0.15, 0.2) is 53.9 Å². The Morgan fingerprint density at radius 3 is 2.72 bits per heavy atom. The number of nitrogens with two attached hydrogens (primary N) is 1. The average Bonchev–Trinajstić information content (AvgIpc) is 2.82. The van der Waals surface area contributed by atoms with Gasteiger partial charge in [0.1, 0.15) is 0 Å². The molecule has 0 aliphatic carbocycles. The van der Waals surface area contributed by atoms with Crippen molar-refractivity contribution in [3.05, 3.63) is 65.0 Å². The van der Waals surface area contributed by atoms with Crippen LogP contribution in [0, 0.1) is 0 Å². The number of carbonyl (C=O) groups excluding carboxylic acids is 1. The van der Waals surface area contributed by atoms with Crippen molar-refractivity contribution in [2.75, 3.05) is 5.73 Å². The molecule has 18 heavy (non-hydrogen) atoms. The number of ketones is 1. The number of fused-ring (bicyclic) bond motifs is 1. The van der Waals surface area contributed by atoms with E-state index in [0.29, 0.717) is 11.3 Å². The Morgan fingerprint density at radius 1 is 1.06 bits per heavy atom. The topological polar surface area (TPSA) is 43.1 Å². The molecule has 0 spiro atoms. The fourth-order valence-electron chi connectivity index (χ4n) is 1.99. The molecule has 0 saturated carbocycles. The van der Waals surface area contributed by atoms with Crippen LogP contribution in [0.5, 0.6) is 0 Å². The number of nitrogen functional groups attached to an aromatic ring is 1. The molecule has 3 aromatic rings. The van der Waals surface area contributed by atoms with Crippen LogP contribution in [0.25, 0.3) is 10.1 Å². The highest BCUT2D eigenvalue weighted by atomic mass is 32.1. The van der Waals surface area contributed by atoms with Crippen molar-refractivity contribution >= 4 is 32.9 Å². The molecule has 0 aliphatic heterocycles. The third-order valence-corrected chi connectivity index (χ3v) is 3.84. The first-order valence-electron chi connectivity index (χ1n) is 5.62. The second-order valence-corrected chi connectivity index (χ2v) is 5.01. The summed E-state index contributed by atoms with van der Waals surface area (Å²) in [5.74, 6) is 0.0275. The van der Waals surface area contributed by atoms with Gasteiger partial charge in [0.05, 0.1) is 0 Å². The zero-order chi connectivity index (χ0) is 12.5. The van der Waals surface area contributed by atoms with Crippen LogP contribution < -0.4 is 5.73 Å². The third kappa shape index (κ3) is 1.79. The highest BCUT2D eigenvalue weighted by Crippen LogP contribution is 2.27. The smallest absolute Gasteiger partial charge is 0.194 e. The molecule has 0 fully saturated rings. The van der Waals surface area contributed by atoms with Gasteiger partial charge in [-0.1, -0.05) is 30.3 Å². The summed E-state index contributed by atoms with van der Waals surface area (Å²) in [6.07, 6.45) is 0. The summed E-state index contributed by atoms with van der Waals surface area (Å²) in [5.41, 5.74) is 7.71. The minimum absolute atomic E-state index is 0.0275. The van der Waals surface area contributed by atoms with E-state index >= 15 is 0 Å². The second-order valence-electron chi connectivity index (χ2n) is 4.10. The first-order chi connectivity index (χ1) is 8.75. The number of hydrogen-bond acceptors (Lipinski definition) is 3. The van der Waals surface area contributed by atoms with E-state index in [4.69, 9.17) is 5.73 Å². The minimum Gasteiger partial charge on any atom is -0.399 e. The van der Waals surface area contributed by atoms with E-state index < -0.39 is 0 Å². The molecule has 3 heteroatoms. The SMILES string of the molecule is Nc1cccc(C(=O)c2csc3ccccc23)c1. The van der Waals surface area contributed by atoms with Gasteiger partial charge in [0, 0.05) is 32.3 Å². The predicted molar refractivity (Wildman–Crippen MR) is 76.1 cm³/mol. The maximum Gasteiger partial charge on any atom is 0.194 e. The van der Waals surface area contributed by atoms with Crippen LogP contribution >= 0.6 is 11.3 Å². The summed E-state index contributed by atoms with van der Waals surface area (Å²) in [6, 6.07) is 15.0. The van der Waals surface area contributed by atoms with Gasteiger partial charge in [0.2, 0.25) is 0 Å². The molecule has 0 unspecified atom stereocenters. The third-order valence-electron chi connectivity index (χ3n) is 2.87. The molecule has 0 atom stereocenters. The van der Waals surface area contributed by atoms with Crippen LogP contribution in [0.1, 0.15) is 15.9 Å². The van der Waals surface area contributed by atoms with Crippen molar-refractivity contribution in [1.29, 1.82) is 0 Å². The molecule has 0 radical (unpaired) electrons. The lowest BCUT2D eigenvalue weighted by Gasteiger charge is -2.01. The largest absolute Gasteiger partial charge is 0.399 e. The molecule has 1 aromatic heterocycles. The molecule has 0 bridgehead atoms. The van der Waals surface area contributed by atoms with E-state index in [1.807, 2.05) is 29.6 Å². The Morgan fingerprint density at radius 2 is 1.89 bits per heavy atom. The van der Waals surface area contributed by atoms with Gasteiger partial charge < -0.3 is 5.73 Å². The Balaban J connectivity index is 2.12. The molecular weight excluding hydrogens is 242 g/mol. The van der Waals surface area contributed by atoms with Crippen molar-refractivity contribution in [3.63, 3.8) is 0 Å². The van der Waals surface area contributed by atoms with Gasteiger partial charge in [-0.2, -0.15) is 0 Å². The first kappa shape index (κ1) is 11.0. The van der Waals surface area contributed by atoms with Gasteiger partial charge in [0.15, 0.2) is 5.78 Å². The number of thiophene rings is 1. The fraction of sp³-hybridized carbons (Fsp3) is 0. The zero-order valence-corrected chi connectivity index (χ0v) is 10.4. The van der Waals surface area contributed by atoms with Crippen molar-refractivity contribution in [3.8, 4) is 0 Å². The molecule has 2 aromatic carbocycles. The monoisotopic (exact) mass is 253 g/mol. The van der Waals surface area contributed by atoms with Crippen LogP contribution in [0.2, 0.25) is 0 Å². The Labute approximate surface area is 109 Å². The Hall–Kier alpha value is -2.13. The molecular formula is C15H11NOS. The standard InChI is InChI=1S/C15H11NOS/c16-11-5-3-4-10(8-11)15(17)13-9-18-14-7-2-1-6-12(13)14/h1-9H,16H2. The number of benzene rings is 2. The lowest BCUT2D eigenvalue weighted by Crippen LogP contribution is -2.00. The van der Waals surface area contributed by atoms with Gasteiger partial charge in [-0.3, -0.25) is 4.79 Å². The summed E-state index contributed by atoms with van der Waals surface area (Å²) in [7, 11) is 0. The van der Waals surface area contributed by atoms with Crippen LogP contribution in [0.3, 0.4) is 0 Å². The van der Waals surface area contributed by atoms with Gasteiger partial charge in [0.25, 0.3) is 0 Å². The van der Waals surface area contributed by atoms with E-state index in [9.17, 15) is 4.79 Å². The summed E-state index contributed by atoms with van der Waals surface area (Å²) in [4.78, 5) is 12.4. The molecule has 0 aliphatic rings. The quantitative estimate of drug-likeness (QED) is 0.559. The van der Waals surface area contributed by atoms with Gasteiger partial charge in [-0.25, -0.2) is 0 Å². The Bertz CT molecular complexity index is 730. The number of hydrogen-bond donors (Lipinski definition) is 1. The van der Waals surface area contributed by atoms with Gasteiger partial charge >= 0.3 is 0 Å². The highest BCUT2D eigenvalue weighted by molar-refractivity contribution is 7.17. The maximum absolute atomic E-state index is 12.4. The van der Waals surface area contributed by atoms with Crippen molar-refractivity contribution in [2.45, 2.75) is 0 Å². The lowest BCUT2D eigenvalue weighted by molar-refractivity contribution is 0.104. The van der Waals surface area contributed by atoms with Crippen molar-refractivity contribution in [1.82, 2.24) is 0 Å². The summed E-state index contributed by atoms with van der Waals surface area (Å²) >= 11 is 1.59. The molecule has 0 amide bonds. The zero-order valence-electron chi connectivity index (χ0n) is 9.59. The fourth-order valence-corrected chi connectivity index (χ4v) is 2.93. The van der Waals surface area contributed by atoms with Gasteiger partial charge in [-0.15, -0.1) is 11.3 Å². The lowest BCUT2D eigenvalue weighted by atomic mass is 10.0. The van der Waals surface area contributed by atoms with Gasteiger partial charge in [-0.05, 0) is 18.2 Å². The van der Waals surface area contributed by atoms with Crippen LogP contribution in [0.4, 0.5) is 5.69 Å². The molecule has 1 heterocycles. The first-order valence-corrected chi connectivity index (χ1v) is 6.50. The van der Waals surface area contributed by atoms with Crippen molar-refractivity contribution < 1.29 is 4.79 Å².